The molecule has 20 heavy (non-hydrogen) atoms. The van der Waals surface area contributed by atoms with Gasteiger partial charge >= 0.3 is 6.17 Å². The Kier molecular flexibility index (Phi) is 3.13. The lowest BCUT2D eigenvalue weighted by Crippen LogP contribution is -1.97. The Bertz CT molecular complexity index is 707. The summed E-state index contributed by atoms with van der Waals surface area (Å²) in [5, 5.41) is 0. The molecule has 1 aliphatic rings. The Labute approximate surface area is 116 Å². The van der Waals surface area contributed by atoms with E-state index in [1.807, 2.05) is 47.3 Å². The zero-order chi connectivity index (χ0) is 13.9. The number of nitrogens with zero attached hydrogens (tertiary/aromatic N) is 1. The van der Waals surface area contributed by atoms with Crippen molar-refractivity contribution in [2.24, 2.45) is 0 Å². The van der Waals surface area contributed by atoms with E-state index in [-0.39, 0.29) is 6.17 Å². The summed E-state index contributed by atoms with van der Waals surface area (Å²) in [6.07, 6.45) is 3.54. The van der Waals surface area contributed by atoms with Crippen molar-refractivity contribution in [3.05, 3.63) is 70.8 Å². The molecular formula is C16H13N2O2+. The van der Waals surface area contributed by atoms with Gasteiger partial charge in [0.1, 0.15) is 0 Å². The molecule has 1 aliphatic heterocycles. The summed E-state index contributed by atoms with van der Waals surface area (Å²) in [6.45, 7) is 0. The van der Waals surface area contributed by atoms with E-state index in [1.165, 1.54) is 0 Å². The van der Waals surface area contributed by atoms with Gasteiger partial charge in [-0.3, -0.25) is 9.59 Å². The molecule has 1 N–H and O–H groups in total. The number of benzene rings is 2. The van der Waals surface area contributed by atoms with Crippen LogP contribution in [0.4, 0.5) is 0 Å². The second-order valence-corrected chi connectivity index (χ2v) is 4.56. The number of hydrogen-bond acceptors (Lipinski definition) is 3. The predicted octanol–water partition coefficient (Wildman–Crippen LogP) is 1.96. The normalized spacial score (nSPS) is 18.4. The molecule has 0 radical (unpaired) electrons. The highest BCUT2D eigenvalue weighted by Gasteiger charge is 2.42. The fraction of sp³-hybridized carbons (Fsp3) is 0.0625. The molecule has 0 saturated carbocycles. The zero-order valence-electron chi connectivity index (χ0n) is 10.7. The second kappa shape index (κ2) is 5.09. The Morgan fingerprint density at radius 2 is 1.45 bits per heavy atom. The van der Waals surface area contributed by atoms with Gasteiger partial charge in [0.2, 0.25) is 6.21 Å². The minimum Gasteiger partial charge on any atom is -0.298 e. The van der Waals surface area contributed by atoms with Crippen LogP contribution < -0.4 is 5.43 Å². The van der Waals surface area contributed by atoms with Gasteiger partial charge in [0, 0.05) is 11.1 Å². The van der Waals surface area contributed by atoms with Crippen LogP contribution in [0.15, 0.2) is 48.5 Å². The molecule has 0 bridgehead atoms. The van der Waals surface area contributed by atoms with E-state index in [0.29, 0.717) is 11.1 Å². The third kappa shape index (κ3) is 2.23. The first-order chi connectivity index (χ1) is 9.83. The summed E-state index contributed by atoms with van der Waals surface area (Å²) in [4.78, 5) is 22.0. The van der Waals surface area contributed by atoms with Gasteiger partial charge in [-0.1, -0.05) is 41.1 Å². The number of carbonyl (C=O) groups is 2. The molecule has 2 aromatic rings. The fourth-order valence-electron chi connectivity index (χ4n) is 2.19. The van der Waals surface area contributed by atoms with Crippen molar-refractivity contribution in [1.29, 1.82) is 0 Å². The Morgan fingerprint density at radius 3 is 2.15 bits per heavy atom. The van der Waals surface area contributed by atoms with Gasteiger partial charge in [0.05, 0.1) is 11.1 Å². The maximum Gasteiger partial charge on any atom is 0.325 e. The molecule has 98 valence electrons. The van der Waals surface area contributed by atoms with E-state index in [0.717, 1.165) is 23.7 Å². The van der Waals surface area contributed by atoms with E-state index in [9.17, 15) is 9.59 Å². The Morgan fingerprint density at radius 1 is 0.850 bits per heavy atom. The van der Waals surface area contributed by atoms with Crippen LogP contribution in [-0.2, 0) is 0 Å². The zero-order valence-corrected chi connectivity index (χ0v) is 10.7. The van der Waals surface area contributed by atoms with Crippen LogP contribution in [0.3, 0.4) is 0 Å². The van der Waals surface area contributed by atoms with Crippen molar-refractivity contribution in [1.82, 2.24) is 5.43 Å². The number of hydrazone groups is 1. The maximum absolute atomic E-state index is 11.0. The molecule has 0 aliphatic carbocycles. The third-order valence-corrected chi connectivity index (χ3v) is 3.30. The summed E-state index contributed by atoms with van der Waals surface area (Å²) in [5.74, 6) is 0. The van der Waals surface area contributed by atoms with Crippen LogP contribution in [0.5, 0.6) is 0 Å². The molecule has 1 heterocycles. The van der Waals surface area contributed by atoms with E-state index < -0.39 is 0 Å². The highest BCUT2D eigenvalue weighted by atomic mass is 16.1. The van der Waals surface area contributed by atoms with Crippen LogP contribution in [0.1, 0.15) is 38.0 Å². The van der Waals surface area contributed by atoms with Crippen LogP contribution in [0, 0.1) is 0 Å². The van der Waals surface area contributed by atoms with Gasteiger partial charge in [-0.05, 0) is 12.1 Å². The summed E-state index contributed by atoms with van der Waals surface area (Å²) >= 11 is 0. The van der Waals surface area contributed by atoms with Crippen molar-refractivity contribution in [3.8, 4) is 0 Å². The molecular weight excluding hydrogens is 252 g/mol. The lowest BCUT2D eigenvalue weighted by molar-refractivity contribution is -0.389. The van der Waals surface area contributed by atoms with Gasteiger partial charge in [-0.25, -0.2) is 0 Å². The first-order valence-corrected chi connectivity index (χ1v) is 6.31. The average molecular weight is 265 g/mol. The first-order valence-electron chi connectivity index (χ1n) is 6.31. The smallest absolute Gasteiger partial charge is 0.298 e. The number of aldehydes is 2. The van der Waals surface area contributed by atoms with Gasteiger partial charge in [-0.2, -0.15) is 0 Å². The summed E-state index contributed by atoms with van der Waals surface area (Å²) < 4.78 is 1.88. The van der Waals surface area contributed by atoms with Crippen LogP contribution in [-0.4, -0.2) is 23.5 Å². The largest absolute Gasteiger partial charge is 0.325 e. The third-order valence-electron chi connectivity index (χ3n) is 3.30. The van der Waals surface area contributed by atoms with Crippen LogP contribution in [0.2, 0.25) is 0 Å². The van der Waals surface area contributed by atoms with Gasteiger partial charge in [0.15, 0.2) is 12.6 Å². The summed E-state index contributed by atoms with van der Waals surface area (Å²) in [5.41, 5.74) is 6.26. The van der Waals surface area contributed by atoms with Gasteiger partial charge in [-0.15, -0.1) is 5.43 Å². The monoisotopic (exact) mass is 265 g/mol. The van der Waals surface area contributed by atoms with Gasteiger partial charge in [0.25, 0.3) is 0 Å². The summed E-state index contributed by atoms with van der Waals surface area (Å²) in [7, 11) is 0. The first kappa shape index (κ1) is 12.3. The quantitative estimate of drug-likeness (QED) is 0.522. The van der Waals surface area contributed by atoms with E-state index in [2.05, 4.69) is 5.43 Å². The molecule has 1 saturated heterocycles. The molecule has 4 nitrogen and oxygen atoms in total. The number of hydrogen-bond donors (Lipinski definition) is 1. The van der Waals surface area contributed by atoms with E-state index in [4.69, 9.17) is 0 Å². The van der Waals surface area contributed by atoms with Crippen LogP contribution in [0.25, 0.3) is 0 Å². The molecule has 2 aromatic carbocycles. The molecule has 1 fully saturated rings. The van der Waals surface area contributed by atoms with Crippen molar-refractivity contribution in [2.45, 2.75) is 6.17 Å². The lowest BCUT2D eigenvalue weighted by atomic mass is 10.1. The lowest BCUT2D eigenvalue weighted by Gasteiger charge is -1.94. The second-order valence-electron chi connectivity index (χ2n) is 4.56. The minimum absolute atomic E-state index is 0.0175. The molecule has 4 heteroatoms. The van der Waals surface area contributed by atoms with Crippen molar-refractivity contribution in [2.75, 3.05) is 0 Å². The molecule has 0 spiro atoms. The van der Waals surface area contributed by atoms with Crippen molar-refractivity contribution >= 4 is 18.8 Å². The molecule has 3 rings (SSSR count). The number of nitrogens with one attached hydrogen (secondary N) is 1. The molecule has 1 atom stereocenters. The fourth-order valence-corrected chi connectivity index (χ4v) is 2.19. The van der Waals surface area contributed by atoms with Crippen molar-refractivity contribution in [3.63, 3.8) is 0 Å². The SMILES string of the molecule is O=Cc1ccccc1C=[N+]1NC1c1ccccc1C=O. The minimum atomic E-state index is -0.0175. The standard InChI is InChI=1S/C16H12N2O2/c19-10-13-6-2-1-5-12(13)9-18-16(17-18)15-8-4-3-7-14(15)11-20/h1-11,16H/p+1. The predicted molar refractivity (Wildman–Crippen MR) is 75.0 cm³/mol. The number of carbonyl (C=O) groups excluding carboxylic acids is 2. The van der Waals surface area contributed by atoms with E-state index in [1.54, 1.807) is 12.1 Å². The topological polar surface area (TPSA) is 59.1 Å². The highest BCUT2D eigenvalue weighted by Crippen LogP contribution is 2.25. The maximum atomic E-state index is 11.0. The highest BCUT2D eigenvalue weighted by molar-refractivity contribution is 5.90. The van der Waals surface area contributed by atoms with Gasteiger partial charge < -0.3 is 0 Å². The molecule has 0 aromatic heterocycles. The van der Waals surface area contributed by atoms with Crippen molar-refractivity contribution < 1.29 is 14.3 Å². The molecule has 1 unspecified atom stereocenters. The van der Waals surface area contributed by atoms with E-state index >= 15 is 0 Å². The van der Waals surface area contributed by atoms with Crippen LogP contribution >= 0.6 is 0 Å². The number of hydrazine groups is 1. The Balaban J connectivity index is 1.90. The number of rotatable bonds is 4. The average Bonchev–Trinajstić information content (AvgIpc) is 3.27. The molecule has 0 amide bonds. The Hall–Kier alpha value is -2.75. The summed E-state index contributed by atoms with van der Waals surface area (Å²) in [6, 6.07) is 14.8.